The molecule has 0 radical (unpaired) electrons. The van der Waals surface area contributed by atoms with Gasteiger partial charge in [0.25, 0.3) is 10.0 Å². The monoisotopic (exact) mass is 431 g/mol. The van der Waals surface area contributed by atoms with Crippen molar-refractivity contribution in [1.82, 2.24) is 3.97 Å². The highest BCUT2D eigenvalue weighted by Crippen LogP contribution is 2.36. The van der Waals surface area contributed by atoms with Crippen molar-refractivity contribution in [3.63, 3.8) is 0 Å². The molecule has 4 aromatic carbocycles. The Balaban J connectivity index is 1.75. The number of nitrogens with zero attached hydrogens (tertiary/aromatic N) is 1. The first-order chi connectivity index (χ1) is 14.9. The topological polar surface area (TPSA) is 48.3 Å². The van der Waals surface area contributed by atoms with Crippen LogP contribution in [0.25, 0.3) is 21.8 Å². The van der Waals surface area contributed by atoms with Gasteiger partial charge in [-0.05, 0) is 67.6 Å². The van der Waals surface area contributed by atoms with Crippen molar-refractivity contribution in [1.29, 1.82) is 0 Å². The van der Waals surface area contributed by atoms with E-state index in [1.54, 1.807) is 42.5 Å². The summed E-state index contributed by atoms with van der Waals surface area (Å²) in [5, 5.41) is 1.10. The lowest BCUT2D eigenvalue weighted by atomic mass is 10.1. The molecule has 0 aliphatic heterocycles. The van der Waals surface area contributed by atoms with Crippen LogP contribution in [0.5, 0.6) is 11.5 Å². The number of para-hydroxylation sites is 1. The number of ether oxygens (including phenoxy) is 1. The fraction of sp³-hybridized carbons (Fsp3) is 0.0400. The van der Waals surface area contributed by atoms with Crippen molar-refractivity contribution >= 4 is 31.8 Å². The molecule has 154 valence electrons. The van der Waals surface area contributed by atoms with Gasteiger partial charge in [-0.2, -0.15) is 0 Å². The van der Waals surface area contributed by atoms with Crippen molar-refractivity contribution in [3.05, 3.63) is 102 Å². The molecular formula is C25H18FNO3S. The minimum Gasteiger partial charge on any atom is -0.457 e. The van der Waals surface area contributed by atoms with Crippen molar-refractivity contribution in [2.45, 2.75) is 11.8 Å². The highest BCUT2D eigenvalue weighted by molar-refractivity contribution is 7.90. The van der Waals surface area contributed by atoms with E-state index in [1.165, 1.54) is 22.2 Å². The van der Waals surface area contributed by atoms with Crippen LogP contribution in [-0.2, 0) is 10.0 Å². The van der Waals surface area contributed by atoms with Crippen LogP contribution in [0.1, 0.15) is 5.56 Å². The maximum Gasteiger partial charge on any atom is 0.268 e. The molecule has 0 saturated heterocycles. The van der Waals surface area contributed by atoms with Crippen LogP contribution in [0.15, 0.2) is 95.9 Å². The third kappa shape index (κ3) is 3.35. The van der Waals surface area contributed by atoms with Gasteiger partial charge in [0.2, 0.25) is 0 Å². The molecule has 4 nitrogen and oxygen atoms in total. The average molecular weight is 431 g/mol. The van der Waals surface area contributed by atoms with Crippen molar-refractivity contribution in [2.24, 2.45) is 0 Å². The summed E-state index contributed by atoms with van der Waals surface area (Å²) in [6, 6.07) is 25.2. The summed E-state index contributed by atoms with van der Waals surface area (Å²) in [5.74, 6) is 0.757. The Morgan fingerprint density at radius 3 is 2.10 bits per heavy atom. The highest BCUT2D eigenvalue weighted by Gasteiger charge is 2.24. The molecule has 0 atom stereocenters. The summed E-state index contributed by atoms with van der Waals surface area (Å²) >= 11 is 0. The summed E-state index contributed by atoms with van der Waals surface area (Å²) in [4.78, 5) is 0.172. The first-order valence-electron chi connectivity index (χ1n) is 9.72. The number of aryl methyl sites for hydroxylation is 1. The van der Waals surface area contributed by atoms with Gasteiger partial charge in [-0.1, -0.05) is 35.9 Å². The zero-order valence-corrected chi connectivity index (χ0v) is 17.4. The van der Waals surface area contributed by atoms with Crippen LogP contribution in [0.4, 0.5) is 4.39 Å². The second-order valence-electron chi connectivity index (χ2n) is 7.34. The molecule has 5 rings (SSSR count). The Bertz CT molecular complexity index is 1520. The molecule has 1 heterocycles. The maximum absolute atomic E-state index is 14.1. The fourth-order valence-electron chi connectivity index (χ4n) is 3.70. The van der Waals surface area contributed by atoms with Crippen molar-refractivity contribution < 1.29 is 17.5 Å². The van der Waals surface area contributed by atoms with Crippen LogP contribution in [0.2, 0.25) is 0 Å². The number of halogens is 1. The van der Waals surface area contributed by atoms with E-state index in [4.69, 9.17) is 4.74 Å². The van der Waals surface area contributed by atoms with Gasteiger partial charge in [0.15, 0.2) is 0 Å². The molecule has 0 amide bonds. The number of hydrogen-bond acceptors (Lipinski definition) is 3. The van der Waals surface area contributed by atoms with Crippen molar-refractivity contribution in [2.75, 3.05) is 0 Å². The van der Waals surface area contributed by atoms with Crippen LogP contribution >= 0.6 is 0 Å². The summed E-state index contributed by atoms with van der Waals surface area (Å²) in [5.41, 5.74) is 1.83. The lowest BCUT2D eigenvalue weighted by molar-refractivity contribution is 0.483. The summed E-state index contributed by atoms with van der Waals surface area (Å²) in [7, 11) is -3.90. The molecule has 0 spiro atoms. The predicted molar refractivity (Wildman–Crippen MR) is 120 cm³/mol. The van der Waals surface area contributed by atoms with Gasteiger partial charge < -0.3 is 4.74 Å². The van der Waals surface area contributed by atoms with Gasteiger partial charge in [-0.25, -0.2) is 16.8 Å². The molecule has 0 saturated carbocycles. The van der Waals surface area contributed by atoms with E-state index in [-0.39, 0.29) is 4.90 Å². The Morgan fingerprint density at radius 1 is 0.742 bits per heavy atom. The van der Waals surface area contributed by atoms with Gasteiger partial charge in [0, 0.05) is 10.8 Å². The van der Waals surface area contributed by atoms with Crippen LogP contribution < -0.4 is 4.74 Å². The molecule has 6 heteroatoms. The van der Waals surface area contributed by atoms with Gasteiger partial charge >= 0.3 is 0 Å². The van der Waals surface area contributed by atoms with E-state index in [9.17, 15) is 12.8 Å². The molecule has 5 aromatic rings. The van der Waals surface area contributed by atoms with Crippen LogP contribution in [0, 0.1) is 12.7 Å². The number of aromatic nitrogens is 1. The van der Waals surface area contributed by atoms with Gasteiger partial charge in [-0.3, -0.25) is 0 Å². The molecule has 31 heavy (non-hydrogen) atoms. The van der Waals surface area contributed by atoms with Crippen LogP contribution in [0.3, 0.4) is 0 Å². The Labute approximate surface area is 179 Å². The number of fused-ring (bicyclic) bond motifs is 3. The average Bonchev–Trinajstić information content (AvgIpc) is 3.08. The molecule has 1 aromatic heterocycles. The SMILES string of the molecule is Cc1ccc(S(=O)(=O)n2c3ccc(F)cc3c3cc(Oc4ccccc4)ccc32)cc1. The zero-order valence-electron chi connectivity index (χ0n) is 16.6. The van der Waals surface area contributed by atoms with E-state index in [0.717, 1.165) is 5.56 Å². The second kappa shape index (κ2) is 7.25. The summed E-state index contributed by atoms with van der Waals surface area (Å²) in [6.07, 6.45) is 0. The molecule has 0 N–H and O–H groups in total. The van der Waals surface area contributed by atoms with Gasteiger partial charge in [0.05, 0.1) is 15.9 Å². The van der Waals surface area contributed by atoms with E-state index < -0.39 is 15.8 Å². The maximum atomic E-state index is 14.1. The highest BCUT2D eigenvalue weighted by atomic mass is 32.2. The van der Waals surface area contributed by atoms with E-state index in [2.05, 4.69) is 0 Å². The second-order valence-corrected chi connectivity index (χ2v) is 9.12. The van der Waals surface area contributed by atoms with E-state index in [1.807, 2.05) is 37.3 Å². The van der Waals surface area contributed by atoms with E-state index in [0.29, 0.717) is 33.3 Å². The fourth-order valence-corrected chi connectivity index (χ4v) is 5.23. The molecule has 0 aliphatic carbocycles. The molecular weight excluding hydrogens is 413 g/mol. The first kappa shape index (κ1) is 19.3. The zero-order chi connectivity index (χ0) is 21.6. The molecule has 0 unspecified atom stereocenters. The third-order valence-electron chi connectivity index (χ3n) is 5.19. The smallest absolute Gasteiger partial charge is 0.268 e. The van der Waals surface area contributed by atoms with E-state index >= 15 is 0 Å². The number of hydrogen-bond donors (Lipinski definition) is 0. The number of rotatable bonds is 4. The third-order valence-corrected chi connectivity index (χ3v) is 6.93. The van der Waals surface area contributed by atoms with Crippen LogP contribution in [-0.4, -0.2) is 12.4 Å². The van der Waals surface area contributed by atoms with Gasteiger partial charge in [-0.15, -0.1) is 0 Å². The lowest BCUT2D eigenvalue weighted by Gasteiger charge is -2.10. The first-order valence-corrected chi connectivity index (χ1v) is 11.2. The predicted octanol–water partition coefficient (Wildman–Crippen LogP) is 6.27. The molecule has 0 fully saturated rings. The largest absolute Gasteiger partial charge is 0.457 e. The standard InChI is InChI=1S/C25H18FNO3S/c1-17-7-11-21(12-8-17)31(28,29)27-24-13-9-18(26)15-22(24)23-16-20(10-14-25(23)27)30-19-5-3-2-4-6-19/h2-16H,1H3. The van der Waals surface area contributed by atoms with Gasteiger partial charge in [0.1, 0.15) is 17.3 Å². The summed E-state index contributed by atoms with van der Waals surface area (Å²) < 4.78 is 48.3. The lowest BCUT2D eigenvalue weighted by Crippen LogP contribution is -2.12. The molecule has 0 aliphatic rings. The Hall–Kier alpha value is -3.64. The quantitative estimate of drug-likeness (QED) is 0.337. The summed E-state index contributed by atoms with van der Waals surface area (Å²) in [6.45, 7) is 1.90. The number of benzene rings is 4. The minimum atomic E-state index is -3.90. The Morgan fingerprint density at radius 2 is 1.39 bits per heavy atom. The Kier molecular flexibility index (Phi) is 4.52. The minimum absolute atomic E-state index is 0.172. The molecule has 0 bridgehead atoms. The van der Waals surface area contributed by atoms with Crippen molar-refractivity contribution in [3.8, 4) is 11.5 Å². The normalized spacial score (nSPS) is 11.8.